The van der Waals surface area contributed by atoms with E-state index in [9.17, 15) is 14.4 Å². The third kappa shape index (κ3) is 2.61. The Morgan fingerprint density at radius 3 is 3.00 bits per heavy atom. The van der Waals surface area contributed by atoms with Crippen molar-refractivity contribution in [3.63, 3.8) is 0 Å². The molecule has 1 fully saturated rings. The van der Waals surface area contributed by atoms with Crippen molar-refractivity contribution in [1.29, 1.82) is 0 Å². The van der Waals surface area contributed by atoms with Crippen LogP contribution in [0.2, 0.25) is 0 Å². The van der Waals surface area contributed by atoms with Gasteiger partial charge < -0.3 is 19.0 Å². The van der Waals surface area contributed by atoms with Crippen molar-refractivity contribution in [2.45, 2.75) is 25.8 Å². The Hall–Kier alpha value is -2.57. The molecule has 3 heterocycles. The first-order chi connectivity index (χ1) is 10.6. The predicted octanol–water partition coefficient (Wildman–Crippen LogP) is 1.50. The summed E-state index contributed by atoms with van der Waals surface area (Å²) >= 11 is 0. The molecule has 1 atom stereocenters. The summed E-state index contributed by atoms with van der Waals surface area (Å²) in [6, 6.07) is 2.83. The van der Waals surface area contributed by atoms with Crippen LogP contribution in [0.3, 0.4) is 0 Å². The number of nitrogens with zero attached hydrogens (tertiary/aromatic N) is 1. The van der Waals surface area contributed by atoms with Crippen LogP contribution in [0, 0.1) is 0 Å². The van der Waals surface area contributed by atoms with Crippen LogP contribution >= 0.6 is 0 Å². The second kappa shape index (κ2) is 5.67. The van der Waals surface area contributed by atoms with Crippen LogP contribution < -0.4 is 0 Å². The van der Waals surface area contributed by atoms with Crippen LogP contribution in [-0.2, 0) is 14.3 Å². The number of likely N-dealkylation sites (tertiary alicyclic amines) is 1. The van der Waals surface area contributed by atoms with Crippen molar-refractivity contribution >= 4 is 28.8 Å². The van der Waals surface area contributed by atoms with Crippen LogP contribution in [0.15, 0.2) is 22.8 Å². The van der Waals surface area contributed by atoms with E-state index in [-0.39, 0.29) is 30.0 Å². The minimum atomic E-state index is -0.627. The number of esters is 1. The number of H-pyrrole nitrogens is 1. The molecule has 1 unspecified atom stereocenters. The van der Waals surface area contributed by atoms with Gasteiger partial charge in [0.2, 0.25) is 0 Å². The number of hydrogen-bond acceptors (Lipinski definition) is 5. The second-order valence-corrected chi connectivity index (χ2v) is 5.31. The number of ether oxygens (including phenoxy) is 1. The maximum Gasteiger partial charge on any atom is 0.355 e. The lowest BCUT2D eigenvalue weighted by Crippen LogP contribution is -2.41. The molecular weight excluding hydrogens is 288 g/mol. The summed E-state index contributed by atoms with van der Waals surface area (Å²) in [6.07, 6.45) is 2.97. The molecule has 3 rings (SSSR count). The van der Waals surface area contributed by atoms with Gasteiger partial charge in [-0.15, -0.1) is 0 Å². The molecule has 1 aliphatic rings. The Balaban J connectivity index is 1.59. The summed E-state index contributed by atoms with van der Waals surface area (Å²) in [6.45, 7) is 1.62. The molecule has 0 aliphatic carbocycles. The zero-order chi connectivity index (χ0) is 15.7. The summed E-state index contributed by atoms with van der Waals surface area (Å²) in [7, 11) is 0. The number of aromatic nitrogens is 1. The maximum absolute atomic E-state index is 12.1. The number of furan rings is 1. The SMILES string of the molecule is CC(=O)C1CCCN1C(=O)COC(=O)c1cc2occc2[nH]1. The molecule has 1 aliphatic heterocycles. The van der Waals surface area contributed by atoms with E-state index in [1.807, 2.05) is 0 Å². The molecule has 1 amide bonds. The number of hydrogen-bond donors (Lipinski definition) is 1. The smallest absolute Gasteiger partial charge is 0.355 e. The topological polar surface area (TPSA) is 92.6 Å². The molecular formula is C15H16N2O5. The van der Waals surface area contributed by atoms with Crippen molar-refractivity contribution in [3.05, 3.63) is 24.1 Å². The molecule has 7 heteroatoms. The molecule has 22 heavy (non-hydrogen) atoms. The van der Waals surface area contributed by atoms with Crippen LogP contribution in [0.5, 0.6) is 0 Å². The largest absolute Gasteiger partial charge is 0.463 e. The number of amides is 1. The van der Waals surface area contributed by atoms with E-state index in [0.717, 1.165) is 6.42 Å². The van der Waals surface area contributed by atoms with Gasteiger partial charge in [-0.3, -0.25) is 9.59 Å². The Morgan fingerprint density at radius 1 is 1.45 bits per heavy atom. The monoisotopic (exact) mass is 304 g/mol. The Labute approximate surface area is 126 Å². The average molecular weight is 304 g/mol. The first-order valence-corrected chi connectivity index (χ1v) is 7.09. The van der Waals surface area contributed by atoms with Gasteiger partial charge in [0, 0.05) is 18.7 Å². The quantitative estimate of drug-likeness (QED) is 0.864. The lowest BCUT2D eigenvalue weighted by Gasteiger charge is -2.22. The van der Waals surface area contributed by atoms with Crippen molar-refractivity contribution < 1.29 is 23.5 Å². The average Bonchev–Trinajstić information content (AvgIpc) is 3.17. The molecule has 7 nitrogen and oxygen atoms in total. The van der Waals surface area contributed by atoms with E-state index in [0.29, 0.717) is 24.1 Å². The molecule has 0 saturated carbocycles. The molecule has 1 saturated heterocycles. The number of aromatic amines is 1. The molecule has 0 bridgehead atoms. The summed E-state index contributed by atoms with van der Waals surface area (Å²) in [5, 5.41) is 0. The van der Waals surface area contributed by atoms with Crippen LogP contribution in [-0.4, -0.2) is 46.7 Å². The number of nitrogens with one attached hydrogen (secondary N) is 1. The fraction of sp³-hybridized carbons (Fsp3) is 0.400. The van der Waals surface area contributed by atoms with Crippen molar-refractivity contribution in [2.75, 3.05) is 13.2 Å². The lowest BCUT2D eigenvalue weighted by atomic mass is 10.1. The molecule has 116 valence electrons. The van der Waals surface area contributed by atoms with E-state index in [1.54, 1.807) is 6.07 Å². The number of fused-ring (bicyclic) bond motifs is 1. The summed E-state index contributed by atoms with van der Waals surface area (Å²) in [5.74, 6) is -1.01. The highest BCUT2D eigenvalue weighted by Crippen LogP contribution is 2.19. The van der Waals surface area contributed by atoms with Gasteiger partial charge in [-0.1, -0.05) is 0 Å². The Kier molecular flexibility index (Phi) is 3.70. The summed E-state index contributed by atoms with van der Waals surface area (Å²) < 4.78 is 10.2. The molecule has 2 aromatic rings. The van der Waals surface area contributed by atoms with Crippen molar-refractivity contribution in [3.8, 4) is 0 Å². The molecule has 2 aromatic heterocycles. The van der Waals surface area contributed by atoms with E-state index in [2.05, 4.69) is 4.98 Å². The van der Waals surface area contributed by atoms with Gasteiger partial charge in [0.1, 0.15) is 5.69 Å². The number of rotatable bonds is 4. The molecule has 0 aromatic carbocycles. The van der Waals surface area contributed by atoms with Crippen molar-refractivity contribution in [2.24, 2.45) is 0 Å². The minimum absolute atomic E-state index is 0.0399. The fourth-order valence-corrected chi connectivity index (χ4v) is 2.73. The second-order valence-electron chi connectivity index (χ2n) is 5.31. The Morgan fingerprint density at radius 2 is 2.27 bits per heavy atom. The van der Waals surface area contributed by atoms with Crippen LogP contribution in [0.25, 0.3) is 11.1 Å². The van der Waals surface area contributed by atoms with Gasteiger partial charge in [-0.25, -0.2) is 4.79 Å². The maximum atomic E-state index is 12.1. The van der Waals surface area contributed by atoms with E-state index in [4.69, 9.17) is 9.15 Å². The lowest BCUT2D eigenvalue weighted by molar-refractivity contribution is -0.139. The standard InChI is InChI=1S/C15H16N2O5/c1-9(18)12-3-2-5-17(12)14(19)8-22-15(20)11-7-13-10(16-11)4-6-21-13/h4,6-7,12,16H,2-3,5,8H2,1H3. The highest BCUT2D eigenvalue weighted by atomic mass is 16.5. The molecule has 0 radical (unpaired) electrons. The number of carbonyl (C=O) groups excluding carboxylic acids is 3. The van der Waals surface area contributed by atoms with Crippen LogP contribution in [0.1, 0.15) is 30.3 Å². The first kappa shape index (κ1) is 14.4. The predicted molar refractivity (Wildman–Crippen MR) is 76.3 cm³/mol. The van der Waals surface area contributed by atoms with Gasteiger partial charge in [-0.05, 0) is 19.8 Å². The zero-order valence-corrected chi connectivity index (χ0v) is 12.1. The van der Waals surface area contributed by atoms with E-state index >= 15 is 0 Å². The number of carbonyl (C=O) groups is 3. The summed E-state index contributed by atoms with van der Waals surface area (Å²) in [4.78, 5) is 39.8. The van der Waals surface area contributed by atoms with Gasteiger partial charge in [-0.2, -0.15) is 0 Å². The third-order valence-corrected chi connectivity index (χ3v) is 3.83. The Bertz CT molecular complexity index is 701. The van der Waals surface area contributed by atoms with E-state index < -0.39 is 5.97 Å². The zero-order valence-electron chi connectivity index (χ0n) is 12.1. The first-order valence-electron chi connectivity index (χ1n) is 7.09. The fourth-order valence-electron chi connectivity index (χ4n) is 2.73. The van der Waals surface area contributed by atoms with E-state index in [1.165, 1.54) is 24.2 Å². The van der Waals surface area contributed by atoms with Crippen LogP contribution in [0.4, 0.5) is 0 Å². The van der Waals surface area contributed by atoms with Gasteiger partial charge in [0.15, 0.2) is 18.0 Å². The highest BCUT2D eigenvalue weighted by molar-refractivity contribution is 5.95. The van der Waals surface area contributed by atoms with Gasteiger partial charge in [0.25, 0.3) is 5.91 Å². The normalized spacial score (nSPS) is 17.9. The summed E-state index contributed by atoms with van der Waals surface area (Å²) in [5.41, 5.74) is 1.47. The highest BCUT2D eigenvalue weighted by Gasteiger charge is 2.32. The van der Waals surface area contributed by atoms with Crippen molar-refractivity contribution in [1.82, 2.24) is 9.88 Å². The van der Waals surface area contributed by atoms with Gasteiger partial charge in [0.05, 0.1) is 17.8 Å². The molecule has 0 spiro atoms. The number of ketones is 1. The minimum Gasteiger partial charge on any atom is -0.463 e. The third-order valence-electron chi connectivity index (χ3n) is 3.83. The number of Topliss-reactive ketones (excluding diaryl/α,β-unsaturated/α-hetero) is 1. The van der Waals surface area contributed by atoms with Gasteiger partial charge >= 0.3 is 5.97 Å². The molecule has 1 N–H and O–H groups in total.